The number of nitrogens with one attached hydrogen (secondary N) is 3. The van der Waals surface area contributed by atoms with E-state index >= 15 is 0 Å². The molecule has 0 saturated heterocycles. The zero-order valence-corrected chi connectivity index (χ0v) is 12.1. The van der Waals surface area contributed by atoms with Crippen molar-refractivity contribution in [2.24, 2.45) is 0 Å². The largest absolute Gasteiger partial charge is 0.385 e. The lowest BCUT2D eigenvalue weighted by Crippen LogP contribution is -2.26. The fourth-order valence-electron chi connectivity index (χ4n) is 1.78. The van der Waals surface area contributed by atoms with E-state index in [1.807, 2.05) is 6.92 Å². The van der Waals surface area contributed by atoms with Crippen molar-refractivity contribution in [3.8, 4) is 0 Å². The normalized spacial score (nSPS) is 11.4. The third-order valence-electron chi connectivity index (χ3n) is 2.79. The Labute approximate surface area is 118 Å². The number of benzene rings is 1. The first-order valence-electron chi connectivity index (χ1n) is 6.42. The fraction of sp³-hybridized carbons (Fsp3) is 0.308. The van der Waals surface area contributed by atoms with Gasteiger partial charge in [-0.3, -0.25) is 0 Å². The molecule has 0 aliphatic rings. The van der Waals surface area contributed by atoms with Gasteiger partial charge in [0, 0.05) is 37.1 Å². The minimum atomic E-state index is -3.46. The molecule has 0 unspecified atom stereocenters. The van der Waals surface area contributed by atoms with Crippen molar-refractivity contribution in [3.05, 3.63) is 42.5 Å². The molecule has 1 aromatic heterocycles. The Morgan fingerprint density at radius 3 is 2.60 bits per heavy atom. The molecule has 108 valence electrons. The van der Waals surface area contributed by atoms with Gasteiger partial charge in [-0.15, -0.1) is 0 Å². The van der Waals surface area contributed by atoms with E-state index in [4.69, 9.17) is 0 Å². The molecule has 1 heterocycles. The van der Waals surface area contributed by atoms with Crippen LogP contribution in [0, 0.1) is 0 Å². The Bertz CT molecular complexity index is 621. The highest BCUT2D eigenvalue weighted by atomic mass is 32.2. The summed E-state index contributed by atoms with van der Waals surface area (Å²) in [4.78, 5) is 7.08. The van der Waals surface area contributed by atoms with Crippen LogP contribution in [-0.2, 0) is 16.4 Å². The molecule has 0 amide bonds. The summed E-state index contributed by atoms with van der Waals surface area (Å²) >= 11 is 0. The van der Waals surface area contributed by atoms with Crippen LogP contribution in [-0.4, -0.2) is 31.5 Å². The predicted octanol–water partition coefficient (Wildman–Crippen LogP) is 1.36. The van der Waals surface area contributed by atoms with Gasteiger partial charge in [-0.1, -0.05) is 0 Å². The molecule has 0 bridgehead atoms. The van der Waals surface area contributed by atoms with Gasteiger partial charge in [0.05, 0.1) is 11.2 Å². The zero-order valence-electron chi connectivity index (χ0n) is 11.3. The zero-order chi connectivity index (χ0) is 14.4. The molecule has 6 nitrogen and oxygen atoms in total. The van der Waals surface area contributed by atoms with Gasteiger partial charge in [0.25, 0.3) is 0 Å². The van der Waals surface area contributed by atoms with Crippen LogP contribution in [0.5, 0.6) is 0 Å². The van der Waals surface area contributed by atoms with E-state index in [1.54, 1.807) is 36.8 Å². The lowest BCUT2D eigenvalue weighted by Gasteiger charge is -2.08. The molecule has 2 aromatic rings. The van der Waals surface area contributed by atoms with Crippen molar-refractivity contribution in [3.63, 3.8) is 0 Å². The number of hydrogen-bond donors (Lipinski definition) is 3. The van der Waals surface area contributed by atoms with Crippen LogP contribution in [0.4, 0.5) is 5.69 Å². The molecule has 7 heteroatoms. The smallest absolute Gasteiger partial charge is 0.240 e. The molecule has 0 aliphatic heterocycles. The van der Waals surface area contributed by atoms with Crippen LogP contribution in [0.25, 0.3) is 0 Å². The van der Waals surface area contributed by atoms with Gasteiger partial charge in [0.15, 0.2) is 0 Å². The summed E-state index contributed by atoms with van der Waals surface area (Å²) in [6.45, 7) is 3.12. The third-order valence-corrected chi connectivity index (χ3v) is 4.26. The van der Waals surface area contributed by atoms with Crippen LogP contribution < -0.4 is 10.0 Å². The Kier molecular flexibility index (Phi) is 4.75. The second kappa shape index (κ2) is 6.53. The number of hydrogen-bond acceptors (Lipinski definition) is 4. The van der Waals surface area contributed by atoms with E-state index in [-0.39, 0.29) is 4.90 Å². The molecule has 0 atom stereocenters. The number of nitrogens with zero attached hydrogens (tertiary/aromatic N) is 1. The van der Waals surface area contributed by atoms with Crippen molar-refractivity contribution >= 4 is 15.7 Å². The Morgan fingerprint density at radius 1 is 1.25 bits per heavy atom. The third kappa shape index (κ3) is 3.82. The SMILES string of the molecule is CCNc1ccc(S(=O)(=O)NCCc2cnc[nH]2)cc1. The van der Waals surface area contributed by atoms with E-state index < -0.39 is 10.0 Å². The van der Waals surface area contributed by atoms with Crippen LogP contribution in [0.3, 0.4) is 0 Å². The maximum atomic E-state index is 12.1. The number of sulfonamides is 1. The molecular weight excluding hydrogens is 276 g/mol. The van der Waals surface area contributed by atoms with Gasteiger partial charge in [0.2, 0.25) is 10.0 Å². The Hall–Kier alpha value is -1.86. The molecule has 1 aromatic carbocycles. The predicted molar refractivity (Wildman–Crippen MR) is 78.1 cm³/mol. The van der Waals surface area contributed by atoms with Gasteiger partial charge in [-0.05, 0) is 31.2 Å². The number of aromatic nitrogens is 2. The van der Waals surface area contributed by atoms with E-state index in [2.05, 4.69) is 20.0 Å². The quantitative estimate of drug-likeness (QED) is 0.719. The first-order valence-corrected chi connectivity index (χ1v) is 7.91. The van der Waals surface area contributed by atoms with E-state index in [0.29, 0.717) is 13.0 Å². The summed E-state index contributed by atoms with van der Waals surface area (Å²) < 4.78 is 26.7. The molecule has 2 rings (SSSR count). The second-order valence-electron chi connectivity index (χ2n) is 4.28. The summed E-state index contributed by atoms with van der Waals surface area (Å²) in [6, 6.07) is 6.70. The fourth-order valence-corrected chi connectivity index (χ4v) is 2.81. The molecule has 20 heavy (non-hydrogen) atoms. The standard InChI is InChI=1S/C13H18N4O2S/c1-2-15-11-3-5-13(6-4-11)20(18,19)17-8-7-12-9-14-10-16-12/h3-6,9-10,15,17H,2,7-8H2,1H3,(H,14,16). The van der Waals surface area contributed by atoms with Crippen molar-refractivity contribution in [1.82, 2.24) is 14.7 Å². The summed E-state index contributed by atoms with van der Waals surface area (Å²) in [5.41, 5.74) is 1.80. The number of imidazole rings is 1. The summed E-state index contributed by atoms with van der Waals surface area (Å²) in [5.74, 6) is 0. The Balaban J connectivity index is 1.95. The molecule has 0 aliphatic carbocycles. The highest BCUT2D eigenvalue weighted by Crippen LogP contribution is 2.13. The van der Waals surface area contributed by atoms with Gasteiger partial charge < -0.3 is 10.3 Å². The first kappa shape index (κ1) is 14.5. The van der Waals surface area contributed by atoms with Crippen LogP contribution in [0.1, 0.15) is 12.6 Å². The second-order valence-corrected chi connectivity index (χ2v) is 6.05. The van der Waals surface area contributed by atoms with E-state index in [9.17, 15) is 8.42 Å². The van der Waals surface area contributed by atoms with Crippen molar-refractivity contribution in [2.45, 2.75) is 18.2 Å². The summed E-state index contributed by atoms with van der Waals surface area (Å²) in [6.07, 6.45) is 3.83. The average Bonchev–Trinajstić information content (AvgIpc) is 2.93. The van der Waals surface area contributed by atoms with Gasteiger partial charge in [-0.25, -0.2) is 18.1 Å². The van der Waals surface area contributed by atoms with Crippen molar-refractivity contribution in [1.29, 1.82) is 0 Å². The highest BCUT2D eigenvalue weighted by Gasteiger charge is 2.13. The molecule has 0 spiro atoms. The van der Waals surface area contributed by atoms with E-state index in [1.165, 1.54) is 0 Å². The van der Waals surface area contributed by atoms with Crippen LogP contribution in [0.15, 0.2) is 41.7 Å². The van der Waals surface area contributed by atoms with Crippen LogP contribution in [0.2, 0.25) is 0 Å². The maximum absolute atomic E-state index is 12.1. The lowest BCUT2D eigenvalue weighted by atomic mass is 10.3. The highest BCUT2D eigenvalue weighted by molar-refractivity contribution is 7.89. The summed E-state index contributed by atoms with van der Waals surface area (Å²) in [5, 5.41) is 3.12. The maximum Gasteiger partial charge on any atom is 0.240 e. The molecule has 0 fully saturated rings. The van der Waals surface area contributed by atoms with Crippen LogP contribution >= 0.6 is 0 Å². The average molecular weight is 294 g/mol. The number of aromatic amines is 1. The number of rotatable bonds is 7. The van der Waals surface area contributed by atoms with Crippen molar-refractivity contribution in [2.75, 3.05) is 18.4 Å². The molecular formula is C13H18N4O2S. The van der Waals surface area contributed by atoms with Crippen molar-refractivity contribution < 1.29 is 8.42 Å². The topological polar surface area (TPSA) is 86.9 Å². The molecule has 0 radical (unpaired) electrons. The lowest BCUT2D eigenvalue weighted by molar-refractivity contribution is 0.581. The van der Waals surface area contributed by atoms with Gasteiger partial charge >= 0.3 is 0 Å². The van der Waals surface area contributed by atoms with E-state index in [0.717, 1.165) is 17.9 Å². The number of H-pyrrole nitrogens is 1. The summed E-state index contributed by atoms with van der Waals surface area (Å²) in [7, 11) is -3.46. The first-order chi connectivity index (χ1) is 9.62. The molecule has 3 N–H and O–H groups in total. The minimum absolute atomic E-state index is 0.267. The monoisotopic (exact) mass is 294 g/mol. The number of anilines is 1. The molecule has 0 saturated carbocycles. The minimum Gasteiger partial charge on any atom is -0.385 e. The van der Waals surface area contributed by atoms with Gasteiger partial charge in [0.1, 0.15) is 0 Å². The van der Waals surface area contributed by atoms with Gasteiger partial charge in [-0.2, -0.15) is 0 Å². The Morgan fingerprint density at radius 2 is 2.00 bits per heavy atom.